The molecule has 0 heterocycles. The quantitative estimate of drug-likeness (QED) is 0.831. The van der Waals surface area contributed by atoms with E-state index in [1.54, 1.807) is 6.92 Å². The van der Waals surface area contributed by atoms with Crippen LogP contribution in [0.25, 0.3) is 0 Å². The SMILES string of the molecule is CC(C(=O)Nc1ccc(O)cc1F)c1ccccc1. The van der Waals surface area contributed by atoms with Gasteiger partial charge in [-0.15, -0.1) is 0 Å². The first-order valence-electron chi connectivity index (χ1n) is 5.92. The van der Waals surface area contributed by atoms with E-state index >= 15 is 0 Å². The Morgan fingerprint density at radius 2 is 1.89 bits per heavy atom. The van der Waals surface area contributed by atoms with Crippen molar-refractivity contribution < 1.29 is 14.3 Å². The van der Waals surface area contributed by atoms with E-state index in [0.717, 1.165) is 11.6 Å². The van der Waals surface area contributed by atoms with Gasteiger partial charge in [-0.3, -0.25) is 4.79 Å². The van der Waals surface area contributed by atoms with Crippen molar-refractivity contribution in [1.29, 1.82) is 0 Å². The van der Waals surface area contributed by atoms with Crippen molar-refractivity contribution in [3.8, 4) is 5.75 Å². The Morgan fingerprint density at radius 3 is 2.53 bits per heavy atom. The average molecular weight is 259 g/mol. The maximum absolute atomic E-state index is 13.5. The Balaban J connectivity index is 2.13. The minimum absolute atomic E-state index is 0.0607. The zero-order valence-electron chi connectivity index (χ0n) is 10.4. The van der Waals surface area contributed by atoms with Crippen LogP contribution in [0.2, 0.25) is 0 Å². The lowest BCUT2D eigenvalue weighted by Gasteiger charge is -2.13. The van der Waals surface area contributed by atoms with Crippen molar-refractivity contribution in [1.82, 2.24) is 0 Å². The molecule has 0 spiro atoms. The molecule has 0 bridgehead atoms. The fraction of sp³-hybridized carbons (Fsp3) is 0.133. The molecule has 2 rings (SSSR count). The summed E-state index contributed by atoms with van der Waals surface area (Å²) in [6.45, 7) is 1.75. The summed E-state index contributed by atoms with van der Waals surface area (Å²) in [5, 5.41) is 11.6. The molecule has 2 N–H and O–H groups in total. The number of amides is 1. The van der Waals surface area contributed by atoms with E-state index in [1.165, 1.54) is 12.1 Å². The molecular formula is C15H14FNO2. The van der Waals surface area contributed by atoms with Gasteiger partial charge in [0.15, 0.2) is 0 Å². The number of carbonyl (C=O) groups excluding carboxylic acids is 1. The third kappa shape index (κ3) is 3.10. The van der Waals surface area contributed by atoms with Crippen LogP contribution in [-0.4, -0.2) is 11.0 Å². The molecule has 0 aliphatic rings. The van der Waals surface area contributed by atoms with Crippen LogP contribution >= 0.6 is 0 Å². The van der Waals surface area contributed by atoms with Gasteiger partial charge in [0, 0.05) is 6.07 Å². The molecule has 0 saturated carbocycles. The highest BCUT2D eigenvalue weighted by Crippen LogP contribution is 2.22. The number of hydrogen-bond donors (Lipinski definition) is 2. The van der Waals surface area contributed by atoms with Gasteiger partial charge < -0.3 is 10.4 Å². The Labute approximate surface area is 110 Å². The molecule has 3 nitrogen and oxygen atoms in total. The summed E-state index contributed by atoms with van der Waals surface area (Å²) < 4.78 is 13.5. The van der Waals surface area contributed by atoms with Crippen molar-refractivity contribution in [2.75, 3.05) is 5.32 Å². The van der Waals surface area contributed by atoms with Crippen LogP contribution in [0.15, 0.2) is 48.5 Å². The standard InChI is InChI=1S/C15H14FNO2/c1-10(11-5-3-2-4-6-11)15(19)17-14-8-7-12(18)9-13(14)16/h2-10,18H,1H3,(H,17,19). The van der Waals surface area contributed by atoms with Crippen LogP contribution in [0.3, 0.4) is 0 Å². The van der Waals surface area contributed by atoms with Gasteiger partial charge in [-0.2, -0.15) is 0 Å². The van der Waals surface area contributed by atoms with Crippen LogP contribution in [0, 0.1) is 5.82 Å². The number of aromatic hydroxyl groups is 1. The fourth-order valence-electron chi connectivity index (χ4n) is 1.74. The summed E-state index contributed by atoms with van der Waals surface area (Å²) in [5.41, 5.74) is 0.921. The molecule has 0 radical (unpaired) electrons. The van der Waals surface area contributed by atoms with Crippen LogP contribution in [0.4, 0.5) is 10.1 Å². The number of halogens is 1. The van der Waals surface area contributed by atoms with Gasteiger partial charge in [0.05, 0.1) is 11.6 Å². The van der Waals surface area contributed by atoms with Gasteiger partial charge in [0.25, 0.3) is 0 Å². The minimum atomic E-state index is -0.659. The zero-order valence-corrected chi connectivity index (χ0v) is 10.4. The number of anilines is 1. The number of nitrogens with one attached hydrogen (secondary N) is 1. The first kappa shape index (κ1) is 13.1. The molecule has 0 aliphatic carbocycles. The number of phenols is 1. The topological polar surface area (TPSA) is 49.3 Å². The minimum Gasteiger partial charge on any atom is -0.508 e. The normalized spacial score (nSPS) is 11.9. The van der Waals surface area contributed by atoms with E-state index in [4.69, 9.17) is 5.11 Å². The van der Waals surface area contributed by atoms with Crippen molar-refractivity contribution >= 4 is 11.6 Å². The Kier molecular flexibility index (Phi) is 3.80. The maximum Gasteiger partial charge on any atom is 0.231 e. The van der Waals surface area contributed by atoms with Crippen LogP contribution in [0.5, 0.6) is 5.75 Å². The molecule has 0 aliphatic heterocycles. The predicted molar refractivity (Wildman–Crippen MR) is 71.6 cm³/mol. The molecule has 1 unspecified atom stereocenters. The lowest BCUT2D eigenvalue weighted by atomic mass is 10.0. The van der Waals surface area contributed by atoms with Crippen LogP contribution in [-0.2, 0) is 4.79 Å². The highest BCUT2D eigenvalue weighted by atomic mass is 19.1. The number of carbonyl (C=O) groups is 1. The molecule has 2 aromatic rings. The Hall–Kier alpha value is -2.36. The molecular weight excluding hydrogens is 245 g/mol. The van der Waals surface area contributed by atoms with Crippen LogP contribution < -0.4 is 5.32 Å². The Morgan fingerprint density at radius 1 is 1.21 bits per heavy atom. The smallest absolute Gasteiger partial charge is 0.231 e. The second-order valence-electron chi connectivity index (χ2n) is 4.29. The Bertz CT molecular complexity index is 584. The molecule has 1 amide bonds. The van der Waals surface area contributed by atoms with E-state index in [0.29, 0.717) is 0 Å². The summed E-state index contributed by atoms with van der Waals surface area (Å²) in [7, 11) is 0. The van der Waals surface area contributed by atoms with Crippen molar-refractivity contribution in [2.24, 2.45) is 0 Å². The van der Waals surface area contributed by atoms with Crippen molar-refractivity contribution in [3.05, 3.63) is 59.9 Å². The molecule has 4 heteroatoms. The molecule has 98 valence electrons. The van der Waals surface area contributed by atoms with Gasteiger partial charge in [-0.05, 0) is 24.6 Å². The van der Waals surface area contributed by atoms with Gasteiger partial charge in [0.2, 0.25) is 5.91 Å². The fourth-order valence-corrected chi connectivity index (χ4v) is 1.74. The summed E-state index contributed by atoms with van der Waals surface area (Å²) >= 11 is 0. The zero-order chi connectivity index (χ0) is 13.8. The number of phenolic OH excluding ortho intramolecular Hbond substituents is 1. The molecule has 19 heavy (non-hydrogen) atoms. The molecule has 0 aromatic heterocycles. The molecule has 2 aromatic carbocycles. The summed E-state index contributed by atoms with van der Waals surface area (Å²) in [6.07, 6.45) is 0. The molecule has 0 fully saturated rings. The second-order valence-corrected chi connectivity index (χ2v) is 4.29. The highest BCUT2D eigenvalue weighted by Gasteiger charge is 2.16. The summed E-state index contributed by atoms with van der Waals surface area (Å²) in [6, 6.07) is 12.9. The van der Waals surface area contributed by atoms with Crippen molar-refractivity contribution in [3.63, 3.8) is 0 Å². The van der Waals surface area contributed by atoms with E-state index in [2.05, 4.69) is 5.32 Å². The lowest BCUT2D eigenvalue weighted by molar-refractivity contribution is -0.117. The summed E-state index contributed by atoms with van der Waals surface area (Å²) in [5.74, 6) is -1.51. The molecule has 1 atom stereocenters. The van der Waals surface area contributed by atoms with Crippen molar-refractivity contribution in [2.45, 2.75) is 12.8 Å². The van der Waals surface area contributed by atoms with E-state index < -0.39 is 5.82 Å². The first-order valence-corrected chi connectivity index (χ1v) is 5.92. The third-order valence-electron chi connectivity index (χ3n) is 2.90. The maximum atomic E-state index is 13.5. The van der Waals surface area contributed by atoms with E-state index in [1.807, 2.05) is 30.3 Å². The predicted octanol–water partition coefficient (Wildman–Crippen LogP) is 3.27. The molecule has 0 saturated heterocycles. The largest absolute Gasteiger partial charge is 0.508 e. The van der Waals surface area contributed by atoms with Crippen LogP contribution in [0.1, 0.15) is 18.4 Å². The highest BCUT2D eigenvalue weighted by molar-refractivity contribution is 5.95. The van der Waals surface area contributed by atoms with E-state index in [9.17, 15) is 9.18 Å². The van der Waals surface area contributed by atoms with E-state index in [-0.39, 0.29) is 23.3 Å². The number of hydrogen-bond acceptors (Lipinski definition) is 2. The van der Waals surface area contributed by atoms with Gasteiger partial charge in [-0.25, -0.2) is 4.39 Å². The summed E-state index contributed by atoms with van der Waals surface area (Å²) in [4.78, 5) is 12.0. The van der Waals surface area contributed by atoms with Gasteiger partial charge >= 0.3 is 0 Å². The number of benzene rings is 2. The van der Waals surface area contributed by atoms with Gasteiger partial charge in [-0.1, -0.05) is 30.3 Å². The second kappa shape index (κ2) is 5.52. The first-order chi connectivity index (χ1) is 9.08. The monoisotopic (exact) mass is 259 g/mol. The third-order valence-corrected chi connectivity index (χ3v) is 2.90. The number of rotatable bonds is 3. The average Bonchev–Trinajstić information content (AvgIpc) is 2.42. The lowest BCUT2D eigenvalue weighted by Crippen LogP contribution is -2.19. The van der Waals surface area contributed by atoms with Gasteiger partial charge in [0.1, 0.15) is 11.6 Å².